The molecule has 2 amide bonds. The van der Waals surface area contributed by atoms with Gasteiger partial charge >= 0.3 is 0 Å². The van der Waals surface area contributed by atoms with E-state index in [1.807, 2.05) is 12.1 Å². The first-order chi connectivity index (χ1) is 10.6. The van der Waals surface area contributed by atoms with Gasteiger partial charge in [0, 0.05) is 23.9 Å². The number of carbonyl (C=O) groups is 2. The Hall–Kier alpha value is -2.17. The van der Waals surface area contributed by atoms with Crippen LogP contribution in [-0.4, -0.2) is 17.5 Å². The van der Waals surface area contributed by atoms with Gasteiger partial charge in [0.05, 0.1) is 5.71 Å². The molecule has 3 aliphatic rings. The van der Waals surface area contributed by atoms with Gasteiger partial charge in [-0.15, -0.1) is 0 Å². The molecule has 1 aliphatic carbocycles. The molecule has 3 atom stereocenters. The summed E-state index contributed by atoms with van der Waals surface area (Å²) < 4.78 is 0. The SMILES string of the molecule is CC1CCC(=O)Nc2ccc(C3=NNC(=O)C4CCC34)cc21. The quantitative estimate of drug-likeness (QED) is 0.835. The van der Waals surface area contributed by atoms with Gasteiger partial charge in [-0.2, -0.15) is 5.10 Å². The molecule has 1 aromatic carbocycles. The lowest BCUT2D eigenvalue weighted by Gasteiger charge is -2.39. The normalized spacial score (nSPS) is 30.0. The Bertz CT molecular complexity index is 695. The van der Waals surface area contributed by atoms with E-state index in [2.05, 4.69) is 28.8 Å². The van der Waals surface area contributed by atoms with E-state index >= 15 is 0 Å². The van der Waals surface area contributed by atoms with Crippen LogP contribution in [0.25, 0.3) is 0 Å². The van der Waals surface area contributed by atoms with Gasteiger partial charge in [-0.05, 0) is 48.4 Å². The van der Waals surface area contributed by atoms with Gasteiger partial charge in [-0.3, -0.25) is 9.59 Å². The molecule has 0 radical (unpaired) electrons. The Morgan fingerprint density at radius 2 is 1.95 bits per heavy atom. The molecule has 1 aromatic rings. The minimum absolute atomic E-state index is 0.0513. The van der Waals surface area contributed by atoms with Crippen LogP contribution in [0.1, 0.15) is 49.7 Å². The molecule has 2 heterocycles. The Labute approximate surface area is 129 Å². The summed E-state index contributed by atoms with van der Waals surface area (Å²) in [5.74, 6) is 0.811. The molecular weight excluding hydrogens is 278 g/mol. The highest BCUT2D eigenvalue weighted by Gasteiger charge is 2.43. The van der Waals surface area contributed by atoms with E-state index in [0.29, 0.717) is 12.3 Å². The zero-order valence-electron chi connectivity index (χ0n) is 12.6. The van der Waals surface area contributed by atoms with Gasteiger partial charge in [0.1, 0.15) is 0 Å². The van der Waals surface area contributed by atoms with Crippen LogP contribution in [-0.2, 0) is 9.59 Å². The van der Waals surface area contributed by atoms with Crippen molar-refractivity contribution < 1.29 is 9.59 Å². The summed E-state index contributed by atoms with van der Waals surface area (Å²) in [5, 5.41) is 7.28. The summed E-state index contributed by atoms with van der Waals surface area (Å²) in [6.45, 7) is 2.15. The molecule has 0 bridgehead atoms. The average Bonchev–Trinajstić information content (AvgIpc) is 2.60. The van der Waals surface area contributed by atoms with Crippen molar-refractivity contribution in [3.8, 4) is 0 Å². The second-order valence-electron chi connectivity index (χ2n) is 6.55. The molecule has 2 aliphatic heterocycles. The smallest absolute Gasteiger partial charge is 0.243 e. The van der Waals surface area contributed by atoms with E-state index in [1.54, 1.807) is 0 Å². The Balaban J connectivity index is 1.72. The third-order valence-corrected chi connectivity index (χ3v) is 5.21. The molecule has 0 aromatic heterocycles. The first kappa shape index (κ1) is 13.5. The molecule has 114 valence electrons. The van der Waals surface area contributed by atoms with E-state index in [4.69, 9.17) is 0 Å². The minimum Gasteiger partial charge on any atom is -0.326 e. The standard InChI is InChI=1S/C17H19N3O2/c1-9-2-7-15(21)18-14-6-3-10(8-13(9)14)16-11-4-5-12(11)17(22)20-19-16/h3,6,8-9,11-12H,2,4-5,7H2,1H3,(H,18,21)(H,20,22). The Morgan fingerprint density at radius 3 is 2.73 bits per heavy atom. The van der Waals surface area contributed by atoms with E-state index < -0.39 is 0 Å². The molecule has 4 rings (SSSR count). The van der Waals surface area contributed by atoms with Gasteiger partial charge in [0.2, 0.25) is 11.8 Å². The van der Waals surface area contributed by atoms with Crippen molar-refractivity contribution in [3.05, 3.63) is 29.3 Å². The van der Waals surface area contributed by atoms with Crippen molar-refractivity contribution >= 4 is 23.2 Å². The summed E-state index contributed by atoms with van der Waals surface area (Å²) in [5.41, 5.74) is 6.78. The average molecular weight is 297 g/mol. The van der Waals surface area contributed by atoms with Crippen LogP contribution in [0, 0.1) is 11.8 Å². The van der Waals surface area contributed by atoms with Crippen molar-refractivity contribution in [2.45, 2.75) is 38.5 Å². The second-order valence-corrected chi connectivity index (χ2v) is 6.55. The predicted octanol–water partition coefficient (Wildman–Crippen LogP) is 2.38. The first-order valence-electron chi connectivity index (χ1n) is 7.95. The number of nitrogens with one attached hydrogen (secondary N) is 2. The van der Waals surface area contributed by atoms with Gasteiger partial charge in [-0.1, -0.05) is 13.0 Å². The number of rotatable bonds is 1. The highest BCUT2D eigenvalue weighted by Crippen LogP contribution is 2.40. The molecule has 5 nitrogen and oxygen atoms in total. The van der Waals surface area contributed by atoms with Crippen LogP contribution < -0.4 is 10.7 Å². The monoisotopic (exact) mass is 297 g/mol. The van der Waals surface area contributed by atoms with Gasteiger partial charge in [-0.25, -0.2) is 5.43 Å². The van der Waals surface area contributed by atoms with Crippen molar-refractivity contribution in [1.29, 1.82) is 0 Å². The fourth-order valence-corrected chi connectivity index (χ4v) is 3.66. The van der Waals surface area contributed by atoms with Crippen molar-refractivity contribution in [2.24, 2.45) is 16.9 Å². The third-order valence-electron chi connectivity index (χ3n) is 5.21. The zero-order valence-corrected chi connectivity index (χ0v) is 12.6. The molecule has 1 saturated carbocycles. The largest absolute Gasteiger partial charge is 0.326 e. The van der Waals surface area contributed by atoms with Crippen LogP contribution in [0.15, 0.2) is 23.3 Å². The molecule has 3 unspecified atom stereocenters. The van der Waals surface area contributed by atoms with Gasteiger partial charge in [0.25, 0.3) is 0 Å². The number of nitrogens with zero attached hydrogens (tertiary/aromatic N) is 1. The van der Waals surface area contributed by atoms with Crippen molar-refractivity contribution in [1.82, 2.24) is 5.43 Å². The lowest BCUT2D eigenvalue weighted by molar-refractivity contribution is -0.129. The topological polar surface area (TPSA) is 70.6 Å². The Kier molecular flexibility index (Phi) is 3.03. The number of carbonyl (C=O) groups excluding carboxylic acids is 2. The number of amides is 2. The second kappa shape index (κ2) is 4.93. The summed E-state index contributed by atoms with van der Waals surface area (Å²) in [7, 11) is 0. The molecule has 2 N–H and O–H groups in total. The third kappa shape index (κ3) is 2.03. The molecule has 1 fully saturated rings. The van der Waals surface area contributed by atoms with Gasteiger partial charge < -0.3 is 5.32 Å². The minimum atomic E-state index is 0.0513. The molecule has 22 heavy (non-hydrogen) atoms. The maximum Gasteiger partial charge on any atom is 0.243 e. The van der Waals surface area contributed by atoms with Crippen LogP contribution in [0.2, 0.25) is 0 Å². The number of anilines is 1. The number of hydrogen-bond acceptors (Lipinski definition) is 3. The lowest BCUT2D eigenvalue weighted by atomic mass is 9.68. The van der Waals surface area contributed by atoms with Crippen molar-refractivity contribution in [3.63, 3.8) is 0 Å². The van der Waals surface area contributed by atoms with E-state index in [1.165, 1.54) is 5.56 Å². The van der Waals surface area contributed by atoms with Crippen LogP contribution in [0.4, 0.5) is 5.69 Å². The van der Waals surface area contributed by atoms with Gasteiger partial charge in [0.15, 0.2) is 0 Å². The van der Waals surface area contributed by atoms with E-state index in [0.717, 1.165) is 36.2 Å². The highest BCUT2D eigenvalue weighted by atomic mass is 16.2. The molecule has 0 saturated heterocycles. The fourth-order valence-electron chi connectivity index (χ4n) is 3.66. The van der Waals surface area contributed by atoms with Crippen LogP contribution in [0.5, 0.6) is 0 Å². The maximum absolute atomic E-state index is 11.7. The number of fused-ring (bicyclic) bond motifs is 2. The predicted molar refractivity (Wildman–Crippen MR) is 83.6 cm³/mol. The lowest BCUT2D eigenvalue weighted by Crippen LogP contribution is -2.47. The summed E-state index contributed by atoms with van der Waals surface area (Å²) in [6.07, 6.45) is 3.40. The molecular formula is C17H19N3O2. The summed E-state index contributed by atoms with van der Waals surface area (Å²) >= 11 is 0. The van der Waals surface area contributed by atoms with Crippen LogP contribution >= 0.6 is 0 Å². The van der Waals surface area contributed by atoms with E-state index in [9.17, 15) is 9.59 Å². The Morgan fingerprint density at radius 1 is 1.14 bits per heavy atom. The van der Waals surface area contributed by atoms with E-state index in [-0.39, 0.29) is 23.7 Å². The highest BCUT2D eigenvalue weighted by molar-refractivity contribution is 6.08. The maximum atomic E-state index is 11.7. The fraction of sp³-hybridized carbons (Fsp3) is 0.471. The number of benzene rings is 1. The summed E-state index contributed by atoms with van der Waals surface area (Å²) in [6, 6.07) is 6.11. The number of hydrogen-bond donors (Lipinski definition) is 2. The first-order valence-corrected chi connectivity index (χ1v) is 7.95. The molecule has 5 heteroatoms. The number of hydrazone groups is 1. The van der Waals surface area contributed by atoms with Crippen LogP contribution in [0.3, 0.4) is 0 Å². The van der Waals surface area contributed by atoms with Crippen molar-refractivity contribution in [2.75, 3.05) is 5.32 Å². The molecule has 0 spiro atoms. The summed E-state index contributed by atoms with van der Waals surface area (Å²) in [4.78, 5) is 23.5. The zero-order chi connectivity index (χ0) is 15.3.